The van der Waals surface area contributed by atoms with Crippen LogP contribution in [0.5, 0.6) is 0 Å². The average Bonchev–Trinajstić information content (AvgIpc) is 2.63. The minimum atomic E-state index is -0.00429. The third kappa shape index (κ3) is 3.66. The summed E-state index contributed by atoms with van der Waals surface area (Å²) in [6.45, 7) is 1.97. The molecule has 3 nitrogen and oxygen atoms in total. The maximum absolute atomic E-state index is 9.88. The molecule has 1 aliphatic rings. The Morgan fingerprint density at radius 1 is 1.00 bits per heavy atom. The summed E-state index contributed by atoms with van der Waals surface area (Å²) < 4.78 is 5.79. The summed E-state index contributed by atoms with van der Waals surface area (Å²) in [5.41, 5.74) is 2.57. The fraction of sp³-hybridized carbons (Fsp3) is 0.368. The topological polar surface area (TPSA) is 32.7 Å². The Bertz CT molecular complexity index is 593. The van der Waals surface area contributed by atoms with E-state index in [2.05, 4.69) is 48.5 Å². The highest BCUT2D eigenvalue weighted by molar-refractivity contribution is 6.24. The van der Waals surface area contributed by atoms with E-state index in [1.165, 1.54) is 11.1 Å². The van der Waals surface area contributed by atoms with E-state index in [-0.39, 0.29) is 18.7 Å². The molecule has 0 spiro atoms. The van der Waals surface area contributed by atoms with Gasteiger partial charge in [0.2, 0.25) is 0 Å². The molecule has 2 aromatic rings. The van der Waals surface area contributed by atoms with Crippen LogP contribution in [-0.2, 0) is 4.76 Å². The number of aliphatic hydroxyl groups excluding tert-OH is 1. The lowest BCUT2D eigenvalue weighted by molar-refractivity contribution is -0.165. The van der Waals surface area contributed by atoms with Gasteiger partial charge in [-0.25, -0.2) is 0 Å². The Morgan fingerprint density at radius 3 is 2.17 bits per heavy atom. The zero-order chi connectivity index (χ0) is 16.1. The van der Waals surface area contributed by atoms with E-state index in [1.54, 1.807) is 7.48 Å². The van der Waals surface area contributed by atoms with Crippen molar-refractivity contribution in [3.63, 3.8) is 0 Å². The summed E-state index contributed by atoms with van der Waals surface area (Å²) in [5.74, 6) is 0.426. The number of aliphatic hydroxyl groups is 1. The van der Waals surface area contributed by atoms with Crippen LogP contribution in [0.1, 0.15) is 35.9 Å². The van der Waals surface area contributed by atoms with Gasteiger partial charge in [0.25, 0.3) is 0 Å². The van der Waals surface area contributed by atoms with Crippen LogP contribution in [0.3, 0.4) is 0 Å². The summed E-state index contributed by atoms with van der Waals surface area (Å²) in [5, 5.41) is 11.8. The fourth-order valence-electron chi connectivity index (χ4n) is 3.55. The first-order valence-corrected chi connectivity index (χ1v) is 8.27. The largest absolute Gasteiger partial charge is 0.395 e. The lowest BCUT2D eigenvalue weighted by atomic mass is 9.80. The minimum absolute atomic E-state index is 0.00429. The van der Waals surface area contributed by atoms with Crippen molar-refractivity contribution in [3.05, 3.63) is 71.8 Å². The standard InChI is InChI=1S/C19H23BNO2/c1-20-23-21-18(14-22)12-17(15-8-4-2-5-9-15)13-19(21)16-10-6-3-7-11-16/h2-11,17-19,22H,12-14H2,1H3. The number of hydrogen-bond donors (Lipinski definition) is 1. The maximum atomic E-state index is 9.88. The molecule has 1 saturated heterocycles. The fourth-order valence-corrected chi connectivity index (χ4v) is 3.55. The van der Waals surface area contributed by atoms with Crippen molar-refractivity contribution in [3.8, 4) is 0 Å². The quantitative estimate of drug-likeness (QED) is 0.857. The first-order chi connectivity index (χ1) is 11.3. The Kier molecular flexibility index (Phi) is 5.49. The van der Waals surface area contributed by atoms with Gasteiger partial charge in [0.1, 0.15) is 0 Å². The summed E-state index contributed by atoms with van der Waals surface area (Å²) in [6, 6.07) is 21.1. The van der Waals surface area contributed by atoms with Crippen LogP contribution in [-0.4, -0.2) is 30.3 Å². The second kappa shape index (κ2) is 7.78. The van der Waals surface area contributed by atoms with Crippen LogP contribution in [0, 0.1) is 0 Å². The molecule has 4 heteroatoms. The van der Waals surface area contributed by atoms with Gasteiger partial charge in [0.05, 0.1) is 18.7 Å². The molecular formula is C19H23BNO2. The molecule has 119 valence electrons. The molecule has 0 bridgehead atoms. The van der Waals surface area contributed by atoms with E-state index in [1.807, 2.05) is 24.0 Å². The Hall–Kier alpha value is -1.62. The van der Waals surface area contributed by atoms with Gasteiger partial charge in [-0.1, -0.05) is 67.5 Å². The molecule has 1 radical (unpaired) electrons. The second-order valence-electron chi connectivity index (χ2n) is 6.04. The molecule has 0 aliphatic carbocycles. The third-order valence-electron chi connectivity index (χ3n) is 4.62. The van der Waals surface area contributed by atoms with Crippen LogP contribution >= 0.6 is 0 Å². The number of benzene rings is 2. The van der Waals surface area contributed by atoms with Crippen LogP contribution < -0.4 is 0 Å². The summed E-state index contributed by atoms with van der Waals surface area (Å²) in [7, 11) is 1.70. The molecule has 3 atom stereocenters. The molecule has 1 heterocycles. The van der Waals surface area contributed by atoms with Gasteiger partial charge in [-0.3, -0.25) is 0 Å². The van der Waals surface area contributed by atoms with Crippen molar-refractivity contribution < 1.29 is 9.86 Å². The van der Waals surface area contributed by atoms with E-state index < -0.39 is 0 Å². The molecule has 0 aromatic heterocycles. The predicted molar refractivity (Wildman–Crippen MR) is 93.0 cm³/mol. The minimum Gasteiger partial charge on any atom is -0.395 e. The summed E-state index contributed by atoms with van der Waals surface area (Å²) in [6.07, 6.45) is 1.88. The first kappa shape index (κ1) is 16.3. The van der Waals surface area contributed by atoms with Crippen LogP contribution in [0.4, 0.5) is 0 Å². The molecule has 1 aliphatic heterocycles. The van der Waals surface area contributed by atoms with Gasteiger partial charge >= 0.3 is 7.48 Å². The van der Waals surface area contributed by atoms with Crippen LogP contribution in [0.25, 0.3) is 0 Å². The highest BCUT2D eigenvalue weighted by Crippen LogP contribution is 2.42. The molecule has 23 heavy (non-hydrogen) atoms. The van der Waals surface area contributed by atoms with Crippen LogP contribution in [0.15, 0.2) is 60.7 Å². The monoisotopic (exact) mass is 308 g/mol. The van der Waals surface area contributed by atoms with Gasteiger partial charge < -0.3 is 9.86 Å². The van der Waals surface area contributed by atoms with Crippen molar-refractivity contribution >= 4 is 7.48 Å². The predicted octanol–water partition coefficient (Wildman–Crippen LogP) is 3.57. The maximum Gasteiger partial charge on any atom is 0.321 e. The number of rotatable bonds is 5. The zero-order valence-electron chi connectivity index (χ0n) is 13.5. The lowest BCUT2D eigenvalue weighted by Gasteiger charge is -2.44. The third-order valence-corrected chi connectivity index (χ3v) is 4.62. The SMILES string of the molecule is C[B]ON1C(CO)CC(c2ccccc2)CC1c1ccccc1. The first-order valence-electron chi connectivity index (χ1n) is 8.27. The zero-order valence-corrected chi connectivity index (χ0v) is 13.5. The molecule has 0 saturated carbocycles. The number of hydrogen-bond acceptors (Lipinski definition) is 3. The number of nitrogens with zero attached hydrogens (tertiary/aromatic N) is 1. The Labute approximate surface area is 139 Å². The van der Waals surface area contributed by atoms with Crippen molar-refractivity contribution in [1.82, 2.24) is 5.06 Å². The average molecular weight is 308 g/mol. The van der Waals surface area contributed by atoms with E-state index in [4.69, 9.17) is 4.76 Å². The van der Waals surface area contributed by atoms with E-state index >= 15 is 0 Å². The molecular weight excluding hydrogens is 285 g/mol. The van der Waals surface area contributed by atoms with Gasteiger partial charge in [-0.05, 0) is 29.9 Å². The highest BCUT2D eigenvalue weighted by atomic mass is 16.6. The molecule has 1 N–H and O–H groups in total. The normalized spacial score (nSPS) is 25.2. The highest BCUT2D eigenvalue weighted by Gasteiger charge is 2.37. The smallest absolute Gasteiger partial charge is 0.321 e. The number of hydroxylamine groups is 2. The molecule has 1 fully saturated rings. The molecule has 3 rings (SSSR count). The van der Waals surface area contributed by atoms with E-state index in [0.29, 0.717) is 5.92 Å². The van der Waals surface area contributed by atoms with Crippen LogP contribution in [0.2, 0.25) is 6.82 Å². The van der Waals surface area contributed by atoms with Crippen molar-refractivity contribution in [2.24, 2.45) is 0 Å². The van der Waals surface area contributed by atoms with E-state index in [0.717, 1.165) is 12.8 Å². The van der Waals surface area contributed by atoms with Gasteiger partial charge in [0.15, 0.2) is 0 Å². The van der Waals surface area contributed by atoms with E-state index in [9.17, 15) is 5.11 Å². The second-order valence-corrected chi connectivity index (χ2v) is 6.04. The van der Waals surface area contributed by atoms with Crippen molar-refractivity contribution in [2.45, 2.75) is 37.7 Å². The molecule has 0 amide bonds. The summed E-state index contributed by atoms with van der Waals surface area (Å²) >= 11 is 0. The molecule has 2 aromatic carbocycles. The van der Waals surface area contributed by atoms with Crippen molar-refractivity contribution in [1.29, 1.82) is 0 Å². The van der Waals surface area contributed by atoms with Gasteiger partial charge in [0, 0.05) is 0 Å². The van der Waals surface area contributed by atoms with Gasteiger partial charge in [-0.15, -0.1) is 0 Å². The van der Waals surface area contributed by atoms with Crippen molar-refractivity contribution in [2.75, 3.05) is 6.61 Å². The Morgan fingerprint density at radius 2 is 1.61 bits per heavy atom. The lowest BCUT2D eigenvalue weighted by Crippen LogP contribution is -2.46. The van der Waals surface area contributed by atoms with Gasteiger partial charge in [-0.2, -0.15) is 5.06 Å². The summed E-state index contributed by atoms with van der Waals surface area (Å²) in [4.78, 5) is 0. The Balaban J connectivity index is 1.91. The molecule has 3 unspecified atom stereocenters. The number of piperidine rings is 1.